The molecule has 2 aromatic rings. The molecule has 0 aliphatic rings. The molecule has 0 radical (unpaired) electrons. The summed E-state index contributed by atoms with van der Waals surface area (Å²) in [6.45, 7) is 4.02. The molecule has 1 N–H and O–H groups in total. The van der Waals surface area contributed by atoms with Crippen molar-refractivity contribution >= 4 is 26.7 Å². The van der Waals surface area contributed by atoms with E-state index in [0.29, 0.717) is 0 Å². The van der Waals surface area contributed by atoms with Crippen LogP contribution in [0.2, 0.25) is 0 Å². The molecule has 9 heteroatoms. The van der Waals surface area contributed by atoms with Gasteiger partial charge in [-0.2, -0.15) is 0 Å². The van der Waals surface area contributed by atoms with Gasteiger partial charge in [-0.15, -0.1) is 0 Å². The van der Waals surface area contributed by atoms with Gasteiger partial charge in [-0.05, 0) is 16.3 Å². The normalized spacial score (nSPS) is 11.0. The Morgan fingerprint density at radius 3 is 2.62 bits per heavy atom. The first kappa shape index (κ1) is 12.9. The van der Waals surface area contributed by atoms with Gasteiger partial charge in [-0.25, -0.2) is 8.42 Å². The van der Waals surface area contributed by atoms with E-state index >= 15 is 0 Å². The van der Waals surface area contributed by atoms with Crippen molar-refractivity contribution in [3.05, 3.63) is 23.0 Å². The summed E-state index contributed by atoms with van der Waals surface area (Å²) in [5.74, 6) is 0. The smallest absolute Gasteiger partial charge is 0.409 e. The number of nitrogens with zero attached hydrogens (tertiary/aromatic N) is 3. The Morgan fingerprint density at radius 1 is 1.50 bits per heavy atom. The first-order chi connectivity index (χ1) is 7.27. The van der Waals surface area contributed by atoms with E-state index in [9.17, 15) is 0 Å². The van der Waals surface area contributed by atoms with Gasteiger partial charge in [0.25, 0.3) is 0 Å². The highest BCUT2D eigenvalue weighted by molar-refractivity contribution is 7.79. The third-order valence-corrected chi connectivity index (χ3v) is 2.20. The Kier molecular flexibility index (Phi) is 3.86. The van der Waals surface area contributed by atoms with Crippen LogP contribution in [0, 0.1) is 13.8 Å². The van der Waals surface area contributed by atoms with E-state index in [1.54, 1.807) is 16.8 Å². The molecule has 0 saturated carbocycles. The lowest BCUT2D eigenvalue weighted by molar-refractivity contribution is -0.585. The van der Waals surface area contributed by atoms with Crippen molar-refractivity contribution in [3.63, 3.8) is 0 Å². The fourth-order valence-electron chi connectivity index (χ4n) is 1.08. The molecular formula is C7H9N3O4S2. The van der Waals surface area contributed by atoms with Crippen LogP contribution >= 0.6 is 11.3 Å². The highest BCUT2D eigenvalue weighted by Crippen LogP contribution is 2.02. The summed E-state index contributed by atoms with van der Waals surface area (Å²) >= 11 is 1.56. The minimum atomic E-state index is -4.92. The van der Waals surface area contributed by atoms with Crippen LogP contribution < -0.4 is 4.52 Å². The van der Waals surface area contributed by atoms with Crippen molar-refractivity contribution in [2.75, 3.05) is 0 Å². The van der Waals surface area contributed by atoms with Gasteiger partial charge >= 0.3 is 4.96 Å². The van der Waals surface area contributed by atoms with Crippen molar-refractivity contribution in [2.45, 2.75) is 13.8 Å². The van der Waals surface area contributed by atoms with Crippen molar-refractivity contribution in [1.82, 2.24) is 10.1 Å². The fourth-order valence-corrected chi connectivity index (χ4v) is 1.80. The molecule has 0 saturated heterocycles. The maximum Gasteiger partial charge on any atom is 0.409 e. The molecule has 0 aliphatic carbocycles. The molecule has 2 rings (SSSR count). The second-order valence-corrected chi connectivity index (χ2v) is 4.57. The number of aromatic nitrogens is 3. The molecule has 0 bridgehead atoms. The molecule has 2 heterocycles. The Bertz CT molecular complexity index is 585. The van der Waals surface area contributed by atoms with E-state index < -0.39 is 10.4 Å². The van der Waals surface area contributed by atoms with Gasteiger partial charge < -0.3 is 4.55 Å². The summed E-state index contributed by atoms with van der Waals surface area (Å²) in [6.07, 6.45) is 0. The molecule has 0 atom stereocenters. The van der Waals surface area contributed by atoms with E-state index in [1.807, 2.05) is 24.4 Å². The lowest BCUT2D eigenvalue weighted by Crippen LogP contribution is -2.27. The van der Waals surface area contributed by atoms with E-state index in [-0.39, 0.29) is 0 Å². The highest BCUT2D eigenvalue weighted by atomic mass is 32.3. The third kappa shape index (κ3) is 4.14. The molecular weight excluding hydrogens is 254 g/mol. The highest BCUT2D eigenvalue weighted by Gasteiger charge is 2.10. The zero-order valence-electron chi connectivity index (χ0n) is 8.48. The first-order valence-corrected chi connectivity index (χ1v) is 6.30. The SMILES string of the molecule is Cc1cc(C)[n+]2ncsc2n1.O=S(=O)([O-])O. The average Bonchev–Trinajstić information content (AvgIpc) is 2.47. The maximum absolute atomic E-state index is 8.63. The fraction of sp³-hybridized carbons (Fsp3) is 0.286. The number of aryl methyl sites for hydroxylation is 2. The Balaban J connectivity index is 0.000000221. The Labute approximate surface area is 96.0 Å². The predicted octanol–water partition coefficient (Wildman–Crippen LogP) is -0.102. The summed E-state index contributed by atoms with van der Waals surface area (Å²) in [7, 11) is -4.92. The molecule has 2 aromatic heterocycles. The minimum absolute atomic E-state index is 0.961. The van der Waals surface area contributed by atoms with Crippen molar-refractivity contribution < 1.29 is 22.0 Å². The monoisotopic (exact) mass is 263 g/mol. The zero-order chi connectivity index (χ0) is 12.3. The molecule has 0 spiro atoms. The first-order valence-electron chi connectivity index (χ1n) is 4.05. The van der Waals surface area contributed by atoms with E-state index in [1.165, 1.54) is 0 Å². The number of fused-ring (bicyclic) bond motifs is 1. The van der Waals surface area contributed by atoms with Crippen LogP contribution in [0.15, 0.2) is 11.6 Å². The largest absolute Gasteiger partial charge is 0.726 e. The molecule has 0 unspecified atom stereocenters. The summed E-state index contributed by atoms with van der Waals surface area (Å²) in [5, 5.41) is 4.13. The van der Waals surface area contributed by atoms with Gasteiger partial charge in [-0.1, -0.05) is 9.61 Å². The van der Waals surface area contributed by atoms with Crippen LogP contribution in [0.3, 0.4) is 0 Å². The van der Waals surface area contributed by atoms with Gasteiger partial charge in [0.05, 0.1) is 0 Å². The Hall–Kier alpha value is -1.16. The minimum Gasteiger partial charge on any atom is -0.726 e. The van der Waals surface area contributed by atoms with Gasteiger partial charge in [0.1, 0.15) is 11.2 Å². The van der Waals surface area contributed by atoms with Crippen LogP contribution in [-0.4, -0.2) is 27.6 Å². The number of hydrogen-bond donors (Lipinski definition) is 1. The summed E-state index contributed by atoms with van der Waals surface area (Å²) in [5.41, 5.74) is 3.98. The lowest BCUT2D eigenvalue weighted by atomic mass is 10.4. The van der Waals surface area contributed by atoms with E-state index in [0.717, 1.165) is 16.3 Å². The summed E-state index contributed by atoms with van der Waals surface area (Å²) in [4.78, 5) is 5.28. The standard InChI is InChI=1S/C7H8N3S.H2O4S/c1-5-3-6(2)10-7(9-5)11-4-8-10;1-5(2,3)4/h3-4H,1-2H3;(H2,1,2,3,4)/q+1;/p-1. The van der Waals surface area contributed by atoms with Gasteiger partial charge in [0.15, 0.2) is 5.69 Å². The number of hydrogen-bond acceptors (Lipinski definition) is 6. The summed E-state index contributed by atoms with van der Waals surface area (Å²) in [6, 6.07) is 2.02. The van der Waals surface area contributed by atoms with Crippen LogP contribution in [0.1, 0.15) is 11.4 Å². The van der Waals surface area contributed by atoms with E-state index in [2.05, 4.69) is 10.1 Å². The average molecular weight is 263 g/mol. The van der Waals surface area contributed by atoms with Crippen LogP contribution in [0.4, 0.5) is 0 Å². The van der Waals surface area contributed by atoms with Crippen LogP contribution in [0.25, 0.3) is 4.96 Å². The lowest BCUT2D eigenvalue weighted by Gasteiger charge is -1.88. The molecule has 16 heavy (non-hydrogen) atoms. The molecule has 7 nitrogen and oxygen atoms in total. The molecule has 0 aromatic carbocycles. The van der Waals surface area contributed by atoms with E-state index in [4.69, 9.17) is 17.5 Å². The second-order valence-electron chi connectivity index (χ2n) is 2.90. The van der Waals surface area contributed by atoms with Crippen molar-refractivity contribution in [3.8, 4) is 0 Å². The van der Waals surface area contributed by atoms with Gasteiger partial charge in [0.2, 0.25) is 10.4 Å². The maximum atomic E-state index is 8.63. The van der Waals surface area contributed by atoms with Gasteiger partial charge in [-0.3, -0.25) is 4.55 Å². The third-order valence-electron chi connectivity index (χ3n) is 1.53. The number of rotatable bonds is 0. The quantitative estimate of drug-likeness (QED) is 0.404. The summed E-state index contributed by atoms with van der Waals surface area (Å²) < 4.78 is 34.7. The Morgan fingerprint density at radius 2 is 2.06 bits per heavy atom. The second kappa shape index (κ2) is 4.78. The molecule has 0 aliphatic heterocycles. The van der Waals surface area contributed by atoms with Crippen LogP contribution in [0.5, 0.6) is 0 Å². The topological polar surface area (TPSA) is 107 Å². The molecule has 88 valence electrons. The van der Waals surface area contributed by atoms with Gasteiger partial charge in [0, 0.05) is 19.9 Å². The predicted molar refractivity (Wildman–Crippen MR) is 54.9 cm³/mol. The van der Waals surface area contributed by atoms with Crippen molar-refractivity contribution in [2.24, 2.45) is 0 Å². The molecule has 0 amide bonds. The van der Waals surface area contributed by atoms with Crippen LogP contribution in [-0.2, 0) is 10.4 Å². The van der Waals surface area contributed by atoms with Crippen molar-refractivity contribution in [1.29, 1.82) is 0 Å². The molecule has 0 fully saturated rings. The zero-order valence-corrected chi connectivity index (χ0v) is 10.1.